The van der Waals surface area contributed by atoms with Crippen LogP contribution < -0.4 is 0 Å². The third kappa shape index (κ3) is 21.2. The fourth-order valence-electron chi connectivity index (χ4n) is 2.80. The minimum Gasteiger partial charge on any atom is -0.481 e. The largest absolute Gasteiger partial charge is 0.481 e. The van der Waals surface area contributed by atoms with E-state index >= 15 is 0 Å². The van der Waals surface area contributed by atoms with E-state index in [0.717, 1.165) is 12.8 Å². The van der Waals surface area contributed by atoms with Gasteiger partial charge >= 0.3 is 5.97 Å². The summed E-state index contributed by atoms with van der Waals surface area (Å²) in [6.45, 7) is 0.349. The van der Waals surface area contributed by atoms with Crippen molar-refractivity contribution in [2.45, 2.75) is 103 Å². The molecule has 0 radical (unpaired) electrons. The van der Waals surface area contributed by atoms with Crippen LogP contribution in [-0.2, 0) is 4.79 Å². The minimum absolute atomic E-state index is 0.155. The van der Waals surface area contributed by atoms with Crippen molar-refractivity contribution in [2.24, 2.45) is 0 Å². The van der Waals surface area contributed by atoms with E-state index in [1.54, 1.807) is 6.08 Å². The third-order valence-corrected chi connectivity index (χ3v) is 4.24. The van der Waals surface area contributed by atoms with Gasteiger partial charge in [-0.15, -0.1) is 0 Å². The lowest BCUT2D eigenvalue weighted by Crippen LogP contribution is -1.89. The van der Waals surface area contributed by atoms with Crippen LogP contribution in [-0.4, -0.2) is 22.8 Å². The van der Waals surface area contributed by atoms with E-state index < -0.39 is 5.97 Å². The zero-order valence-corrected chi connectivity index (χ0v) is 15.0. The first kappa shape index (κ1) is 22.2. The highest BCUT2D eigenvalue weighted by Crippen LogP contribution is 2.13. The number of carboxylic acid groups (broad SMARTS) is 1. The van der Waals surface area contributed by atoms with Crippen LogP contribution in [0.1, 0.15) is 103 Å². The van der Waals surface area contributed by atoms with Crippen LogP contribution in [0.5, 0.6) is 0 Å². The van der Waals surface area contributed by atoms with E-state index in [1.165, 1.54) is 83.5 Å². The van der Waals surface area contributed by atoms with Gasteiger partial charge in [-0.1, -0.05) is 89.2 Å². The van der Waals surface area contributed by atoms with E-state index in [-0.39, 0.29) is 6.42 Å². The Labute approximate surface area is 143 Å². The molecule has 0 aliphatic rings. The number of rotatable bonds is 18. The van der Waals surface area contributed by atoms with Crippen molar-refractivity contribution in [1.82, 2.24) is 0 Å². The Hall–Kier alpha value is -0.830. The maximum atomic E-state index is 10.3. The van der Waals surface area contributed by atoms with E-state index in [4.69, 9.17) is 10.2 Å². The Bertz CT molecular complexity index is 274. The van der Waals surface area contributed by atoms with Crippen LogP contribution in [0.2, 0.25) is 0 Å². The Balaban J connectivity index is 3.02. The molecule has 0 aliphatic heterocycles. The average molecular weight is 327 g/mol. The summed E-state index contributed by atoms with van der Waals surface area (Å²) < 4.78 is 0. The fraction of sp³-hybridized carbons (Fsp3) is 0.850. The summed E-state index contributed by atoms with van der Waals surface area (Å²) in [4.78, 5) is 10.3. The molecule has 0 aromatic heterocycles. The Morgan fingerprint density at radius 2 is 1.00 bits per heavy atom. The number of hydrogen-bond donors (Lipinski definition) is 2. The molecule has 0 saturated heterocycles. The molecule has 0 amide bonds. The molecular weight excluding hydrogens is 288 g/mol. The van der Waals surface area contributed by atoms with E-state index in [2.05, 4.69) is 0 Å². The van der Waals surface area contributed by atoms with Crippen molar-refractivity contribution in [3.8, 4) is 0 Å². The number of unbranched alkanes of at least 4 members (excludes halogenated alkanes) is 14. The van der Waals surface area contributed by atoms with Crippen molar-refractivity contribution in [3.05, 3.63) is 12.2 Å². The van der Waals surface area contributed by atoms with Crippen molar-refractivity contribution >= 4 is 5.97 Å². The highest BCUT2D eigenvalue weighted by Gasteiger charge is 1.94. The van der Waals surface area contributed by atoms with Crippen molar-refractivity contribution in [2.75, 3.05) is 6.61 Å². The standard InChI is InChI=1S/C20H38O3/c21-19-17-15-13-11-9-7-5-3-1-2-4-6-8-10-12-14-16-18-20(22)23/h14,16,21H,1-13,15,17-19H2,(H,22,23). The van der Waals surface area contributed by atoms with Gasteiger partial charge in [0.2, 0.25) is 0 Å². The number of aliphatic hydroxyl groups excluding tert-OH is 1. The van der Waals surface area contributed by atoms with Gasteiger partial charge in [-0.2, -0.15) is 0 Å². The van der Waals surface area contributed by atoms with Crippen molar-refractivity contribution in [3.63, 3.8) is 0 Å². The molecule has 0 saturated carbocycles. The van der Waals surface area contributed by atoms with Crippen LogP contribution in [0.25, 0.3) is 0 Å². The summed E-state index contributed by atoms with van der Waals surface area (Å²) >= 11 is 0. The Morgan fingerprint density at radius 3 is 1.39 bits per heavy atom. The lowest BCUT2D eigenvalue weighted by atomic mass is 10.0. The Kier molecular flexibility index (Phi) is 18.5. The van der Waals surface area contributed by atoms with Gasteiger partial charge in [0.15, 0.2) is 0 Å². The summed E-state index contributed by atoms with van der Waals surface area (Å²) in [6.07, 6.45) is 23.1. The van der Waals surface area contributed by atoms with Gasteiger partial charge in [0.1, 0.15) is 0 Å². The molecule has 0 bridgehead atoms. The number of allylic oxidation sites excluding steroid dienone is 1. The average Bonchev–Trinajstić information content (AvgIpc) is 2.53. The topological polar surface area (TPSA) is 57.5 Å². The second-order valence-electron chi connectivity index (χ2n) is 6.53. The third-order valence-electron chi connectivity index (χ3n) is 4.24. The first-order valence-electron chi connectivity index (χ1n) is 9.75. The first-order chi connectivity index (χ1) is 11.3. The molecule has 0 aromatic rings. The smallest absolute Gasteiger partial charge is 0.307 e. The number of aliphatic carboxylic acids is 1. The van der Waals surface area contributed by atoms with Gasteiger partial charge in [0, 0.05) is 6.61 Å². The van der Waals surface area contributed by atoms with Gasteiger partial charge in [-0.25, -0.2) is 0 Å². The number of aliphatic hydroxyl groups is 1. The van der Waals surface area contributed by atoms with Gasteiger partial charge in [-0.3, -0.25) is 4.79 Å². The molecule has 0 aliphatic carbocycles. The highest BCUT2D eigenvalue weighted by molar-refractivity contribution is 5.68. The second-order valence-corrected chi connectivity index (χ2v) is 6.53. The molecular formula is C20H38O3. The van der Waals surface area contributed by atoms with E-state index in [9.17, 15) is 4.79 Å². The maximum Gasteiger partial charge on any atom is 0.307 e. The summed E-state index contributed by atoms with van der Waals surface area (Å²) in [7, 11) is 0. The number of carboxylic acids is 1. The van der Waals surface area contributed by atoms with Crippen molar-refractivity contribution < 1.29 is 15.0 Å². The minimum atomic E-state index is -0.747. The molecule has 0 aromatic carbocycles. The van der Waals surface area contributed by atoms with Gasteiger partial charge in [0.05, 0.1) is 6.42 Å². The normalized spacial score (nSPS) is 11.3. The van der Waals surface area contributed by atoms with E-state index in [1.807, 2.05) is 6.08 Å². The molecule has 0 spiro atoms. The molecule has 23 heavy (non-hydrogen) atoms. The number of hydrogen-bond acceptors (Lipinski definition) is 2. The zero-order chi connectivity index (χ0) is 17.0. The summed E-state index contributed by atoms with van der Waals surface area (Å²) in [5, 5.41) is 17.2. The molecule has 0 unspecified atom stereocenters. The molecule has 136 valence electrons. The predicted octanol–water partition coefficient (Wildman–Crippen LogP) is 5.86. The highest BCUT2D eigenvalue weighted by atomic mass is 16.4. The molecule has 2 N–H and O–H groups in total. The Morgan fingerprint density at radius 1 is 0.609 bits per heavy atom. The second kappa shape index (κ2) is 19.2. The zero-order valence-electron chi connectivity index (χ0n) is 15.0. The monoisotopic (exact) mass is 326 g/mol. The quantitative estimate of drug-likeness (QED) is 0.245. The summed E-state index contributed by atoms with van der Waals surface area (Å²) in [5.74, 6) is -0.747. The molecule has 0 heterocycles. The number of carbonyl (C=O) groups is 1. The fourth-order valence-corrected chi connectivity index (χ4v) is 2.80. The molecule has 3 nitrogen and oxygen atoms in total. The van der Waals surface area contributed by atoms with Crippen LogP contribution in [0, 0.1) is 0 Å². The molecule has 0 rings (SSSR count). The van der Waals surface area contributed by atoms with Gasteiger partial charge < -0.3 is 10.2 Å². The first-order valence-corrected chi connectivity index (χ1v) is 9.75. The predicted molar refractivity (Wildman–Crippen MR) is 97.7 cm³/mol. The van der Waals surface area contributed by atoms with Crippen LogP contribution in [0.3, 0.4) is 0 Å². The van der Waals surface area contributed by atoms with Crippen molar-refractivity contribution in [1.29, 1.82) is 0 Å². The summed E-state index contributed by atoms with van der Waals surface area (Å²) in [5.41, 5.74) is 0. The lowest BCUT2D eigenvalue weighted by Gasteiger charge is -2.03. The lowest BCUT2D eigenvalue weighted by molar-refractivity contribution is -0.136. The summed E-state index contributed by atoms with van der Waals surface area (Å²) in [6, 6.07) is 0. The SMILES string of the molecule is O=C(O)CC=CCCCCCCCCCCCCCCCCO. The van der Waals surface area contributed by atoms with Gasteiger partial charge in [-0.05, 0) is 19.3 Å². The van der Waals surface area contributed by atoms with Crippen LogP contribution >= 0.6 is 0 Å². The molecule has 3 heteroatoms. The van der Waals surface area contributed by atoms with Gasteiger partial charge in [0.25, 0.3) is 0 Å². The van der Waals surface area contributed by atoms with E-state index in [0.29, 0.717) is 6.61 Å². The molecule has 0 atom stereocenters. The van der Waals surface area contributed by atoms with Crippen LogP contribution in [0.15, 0.2) is 12.2 Å². The molecule has 0 fully saturated rings. The van der Waals surface area contributed by atoms with Crippen LogP contribution in [0.4, 0.5) is 0 Å². The maximum absolute atomic E-state index is 10.3.